The number of rotatable bonds is 4. The van der Waals surface area contributed by atoms with Gasteiger partial charge in [0.1, 0.15) is 6.20 Å². The van der Waals surface area contributed by atoms with E-state index in [4.69, 9.17) is 11.6 Å². The molecule has 0 amide bonds. The Bertz CT molecular complexity index is 335. The Morgan fingerprint density at radius 3 is 3.15 bits per heavy atom. The summed E-state index contributed by atoms with van der Waals surface area (Å²) in [5.74, 6) is -0.182. The Morgan fingerprint density at radius 2 is 2.62 bits per heavy atom. The predicted octanol–water partition coefficient (Wildman–Crippen LogP) is 1.48. The van der Waals surface area contributed by atoms with E-state index in [0.29, 0.717) is 10.7 Å². The molecule has 70 valence electrons. The maximum Gasteiger partial charge on any atom is 0.366 e. The summed E-state index contributed by atoms with van der Waals surface area (Å²) in [7, 11) is 0. The van der Waals surface area contributed by atoms with Crippen molar-refractivity contribution < 1.29 is 4.92 Å². The Kier molecular flexibility index (Phi) is 2.86. The Hall–Kier alpha value is -1.56. The summed E-state index contributed by atoms with van der Waals surface area (Å²) < 4.78 is 0. The van der Waals surface area contributed by atoms with Crippen LogP contribution in [0.3, 0.4) is 0 Å². The third-order valence-corrected chi connectivity index (χ3v) is 1.41. The predicted molar refractivity (Wildman–Crippen MR) is 48.7 cm³/mol. The quantitative estimate of drug-likeness (QED) is 0.572. The number of H-pyrrole nitrogens is 1. The van der Waals surface area contributed by atoms with Crippen molar-refractivity contribution in [2.24, 2.45) is 0 Å². The third-order valence-electron chi connectivity index (χ3n) is 1.27. The van der Waals surface area contributed by atoms with Gasteiger partial charge in [0, 0.05) is 5.03 Å². The third kappa shape index (κ3) is 2.45. The van der Waals surface area contributed by atoms with E-state index in [1.807, 2.05) is 0 Å². The summed E-state index contributed by atoms with van der Waals surface area (Å²) in [4.78, 5) is 9.80. The molecular weight excluding hydrogens is 196 g/mol. The van der Waals surface area contributed by atoms with Crippen LogP contribution >= 0.6 is 11.6 Å². The lowest BCUT2D eigenvalue weighted by atomic mass is 10.5. The van der Waals surface area contributed by atoms with Crippen LogP contribution in [-0.4, -0.2) is 21.7 Å². The molecule has 2 N–H and O–H groups in total. The number of nitro groups is 1. The second-order valence-corrected chi connectivity index (χ2v) is 2.79. The first-order valence-corrected chi connectivity index (χ1v) is 3.74. The van der Waals surface area contributed by atoms with E-state index < -0.39 is 4.92 Å². The van der Waals surface area contributed by atoms with Gasteiger partial charge in [-0.3, -0.25) is 0 Å². The van der Waals surface area contributed by atoms with Crippen LogP contribution in [0.15, 0.2) is 17.8 Å². The molecule has 13 heavy (non-hydrogen) atoms. The second kappa shape index (κ2) is 3.90. The SMILES string of the molecule is C=C(Cl)CNc1cn[nH]c1[N+](=O)[O-]. The maximum atomic E-state index is 10.4. The molecule has 6 nitrogen and oxygen atoms in total. The highest BCUT2D eigenvalue weighted by Gasteiger charge is 2.13. The molecule has 0 aliphatic carbocycles. The molecule has 0 fully saturated rings. The van der Waals surface area contributed by atoms with Gasteiger partial charge >= 0.3 is 5.82 Å². The minimum Gasteiger partial charge on any atom is -0.372 e. The Balaban J connectivity index is 2.71. The smallest absolute Gasteiger partial charge is 0.366 e. The van der Waals surface area contributed by atoms with E-state index in [9.17, 15) is 10.1 Å². The van der Waals surface area contributed by atoms with E-state index in [0.717, 1.165) is 0 Å². The molecule has 1 heterocycles. The number of anilines is 1. The molecule has 1 rings (SSSR count). The van der Waals surface area contributed by atoms with Gasteiger partial charge in [0.15, 0.2) is 5.69 Å². The normalized spacial score (nSPS) is 9.62. The molecular formula is C6H7ClN4O2. The lowest BCUT2D eigenvalue weighted by molar-refractivity contribution is -0.388. The van der Waals surface area contributed by atoms with E-state index in [1.165, 1.54) is 6.20 Å². The second-order valence-electron chi connectivity index (χ2n) is 2.26. The minimum absolute atomic E-state index is 0.182. The van der Waals surface area contributed by atoms with Crippen molar-refractivity contribution in [1.29, 1.82) is 0 Å². The van der Waals surface area contributed by atoms with Gasteiger partial charge in [0.2, 0.25) is 0 Å². The molecule has 0 saturated heterocycles. The van der Waals surface area contributed by atoms with E-state index >= 15 is 0 Å². The van der Waals surface area contributed by atoms with Crippen LogP contribution in [0.2, 0.25) is 0 Å². The average Bonchev–Trinajstić information content (AvgIpc) is 2.47. The van der Waals surface area contributed by atoms with Gasteiger partial charge in [-0.05, 0) is 4.92 Å². The Morgan fingerprint density at radius 1 is 1.92 bits per heavy atom. The van der Waals surface area contributed by atoms with Crippen molar-refractivity contribution in [2.75, 3.05) is 11.9 Å². The number of nitrogens with one attached hydrogen (secondary N) is 2. The fourth-order valence-corrected chi connectivity index (χ4v) is 0.806. The molecule has 1 aromatic heterocycles. The zero-order valence-electron chi connectivity index (χ0n) is 6.58. The molecule has 0 spiro atoms. The molecule has 1 aromatic rings. The lowest BCUT2D eigenvalue weighted by Crippen LogP contribution is -2.02. The number of halogens is 1. The fourth-order valence-electron chi connectivity index (χ4n) is 0.739. The number of hydrogen-bond acceptors (Lipinski definition) is 4. The van der Waals surface area contributed by atoms with Crippen LogP contribution in [0.25, 0.3) is 0 Å². The molecule has 0 aliphatic rings. The van der Waals surface area contributed by atoms with Crippen molar-refractivity contribution in [1.82, 2.24) is 10.2 Å². The van der Waals surface area contributed by atoms with Crippen LogP contribution in [0, 0.1) is 10.1 Å². The minimum atomic E-state index is -0.563. The van der Waals surface area contributed by atoms with Crippen molar-refractivity contribution in [3.8, 4) is 0 Å². The highest BCUT2D eigenvalue weighted by Crippen LogP contribution is 2.19. The molecule has 0 saturated carbocycles. The monoisotopic (exact) mass is 202 g/mol. The summed E-state index contributed by atoms with van der Waals surface area (Å²) >= 11 is 5.47. The number of aromatic nitrogens is 2. The summed E-state index contributed by atoms with van der Waals surface area (Å²) in [6.07, 6.45) is 1.32. The standard InChI is InChI=1S/C6H7ClN4O2/c1-4(7)2-8-5-3-9-10-6(5)11(12)13/h3,8H,1-2H2,(H,9,10). The van der Waals surface area contributed by atoms with Gasteiger partial charge in [0.25, 0.3) is 0 Å². The molecule has 0 aromatic carbocycles. The molecule has 0 unspecified atom stereocenters. The average molecular weight is 203 g/mol. The zero-order valence-corrected chi connectivity index (χ0v) is 7.34. The molecule has 0 radical (unpaired) electrons. The highest BCUT2D eigenvalue weighted by molar-refractivity contribution is 6.29. The van der Waals surface area contributed by atoms with Gasteiger partial charge in [-0.15, -0.1) is 5.10 Å². The molecule has 0 bridgehead atoms. The first-order chi connectivity index (χ1) is 6.11. The summed E-state index contributed by atoms with van der Waals surface area (Å²) in [5.41, 5.74) is 0.298. The molecule has 0 aliphatic heterocycles. The summed E-state index contributed by atoms with van der Waals surface area (Å²) in [6.45, 7) is 3.70. The van der Waals surface area contributed by atoms with Crippen molar-refractivity contribution >= 4 is 23.1 Å². The van der Waals surface area contributed by atoms with Crippen LogP contribution < -0.4 is 5.32 Å². The topological polar surface area (TPSA) is 83.8 Å². The summed E-state index contributed by atoms with van der Waals surface area (Å²) in [6, 6.07) is 0. The van der Waals surface area contributed by atoms with Crippen LogP contribution in [0.1, 0.15) is 0 Å². The van der Waals surface area contributed by atoms with Gasteiger partial charge < -0.3 is 15.4 Å². The van der Waals surface area contributed by atoms with Crippen molar-refractivity contribution in [3.63, 3.8) is 0 Å². The highest BCUT2D eigenvalue weighted by atomic mass is 35.5. The Labute approximate surface area is 78.7 Å². The van der Waals surface area contributed by atoms with Crippen molar-refractivity contribution in [3.05, 3.63) is 27.9 Å². The van der Waals surface area contributed by atoms with Gasteiger partial charge in [-0.25, -0.2) is 0 Å². The van der Waals surface area contributed by atoms with Gasteiger partial charge in [0.05, 0.1) is 6.54 Å². The fraction of sp³-hybridized carbons (Fsp3) is 0.167. The van der Waals surface area contributed by atoms with E-state index in [2.05, 4.69) is 22.1 Å². The van der Waals surface area contributed by atoms with Crippen LogP contribution in [-0.2, 0) is 0 Å². The maximum absolute atomic E-state index is 10.4. The van der Waals surface area contributed by atoms with Gasteiger partial charge in [-0.2, -0.15) is 0 Å². The summed E-state index contributed by atoms with van der Waals surface area (Å²) in [5, 5.41) is 19.2. The zero-order chi connectivity index (χ0) is 9.84. The first kappa shape index (κ1) is 9.53. The molecule has 0 atom stereocenters. The van der Waals surface area contributed by atoms with Crippen LogP contribution in [0.4, 0.5) is 11.5 Å². The number of aromatic amines is 1. The molecule has 7 heteroatoms. The van der Waals surface area contributed by atoms with Crippen LogP contribution in [0.5, 0.6) is 0 Å². The number of hydrogen-bond donors (Lipinski definition) is 2. The van der Waals surface area contributed by atoms with E-state index in [-0.39, 0.29) is 12.4 Å². The van der Waals surface area contributed by atoms with E-state index in [1.54, 1.807) is 0 Å². The largest absolute Gasteiger partial charge is 0.372 e. The lowest BCUT2D eigenvalue weighted by Gasteiger charge is -2.00. The van der Waals surface area contributed by atoms with Gasteiger partial charge in [-0.1, -0.05) is 23.3 Å². The first-order valence-electron chi connectivity index (χ1n) is 3.36. The number of nitrogens with zero attached hydrogens (tertiary/aromatic N) is 2. The van der Waals surface area contributed by atoms with Crippen molar-refractivity contribution in [2.45, 2.75) is 0 Å².